The van der Waals surface area contributed by atoms with Crippen molar-refractivity contribution in [3.8, 4) is 6.01 Å². The molecule has 0 radical (unpaired) electrons. The van der Waals surface area contributed by atoms with Crippen molar-refractivity contribution in [1.82, 2.24) is 19.1 Å². The summed E-state index contributed by atoms with van der Waals surface area (Å²) in [6.07, 6.45) is 0. The zero-order valence-electron chi connectivity index (χ0n) is 9.88. The van der Waals surface area contributed by atoms with Gasteiger partial charge in [-0.3, -0.25) is 9.36 Å². The van der Waals surface area contributed by atoms with Crippen LogP contribution in [0.3, 0.4) is 0 Å². The van der Waals surface area contributed by atoms with E-state index in [4.69, 9.17) is 10.6 Å². The second-order valence-electron chi connectivity index (χ2n) is 3.50. The van der Waals surface area contributed by atoms with Crippen molar-refractivity contribution < 1.29 is 4.74 Å². The van der Waals surface area contributed by atoms with Crippen molar-refractivity contribution in [2.24, 2.45) is 5.84 Å². The highest BCUT2D eigenvalue weighted by atomic mass is 32.1. The van der Waals surface area contributed by atoms with Crippen molar-refractivity contribution in [3.63, 3.8) is 0 Å². The molecule has 9 heteroatoms. The summed E-state index contributed by atoms with van der Waals surface area (Å²) >= 11 is 1.12. The summed E-state index contributed by atoms with van der Waals surface area (Å²) in [7, 11) is 1.46. The Bertz CT molecular complexity index is 607. The normalized spacial score (nSPS) is 10.4. The molecular weight excluding hydrogens is 256 g/mol. The molecule has 0 aliphatic rings. The van der Waals surface area contributed by atoms with E-state index in [0.717, 1.165) is 11.5 Å². The first-order valence-corrected chi connectivity index (χ1v) is 5.83. The van der Waals surface area contributed by atoms with Crippen molar-refractivity contribution >= 4 is 16.5 Å². The minimum absolute atomic E-state index is 0.200. The van der Waals surface area contributed by atoms with E-state index < -0.39 is 0 Å². The molecule has 18 heavy (non-hydrogen) atoms. The average Bonchev–Trinajstić information content (AvgIpc) is 2.79. The molecule has 0 saturated heterocycles. The third-order valence-electron chi connectivity index (χ3n) is 2.28. The number of anilines is 1. The maximum absolute atomic E-state index is 11.9. The van der Waals surface area contributed by atoms with Crippen LogP contribution in [-0.2, 0) is 6.54 Å². The van der Waals surface area contributed by atoms with Crippen LogP contribution < -0.4 is 21.6 Å². The number of aryl methyl sites for hydroxylation is 1. The quantitative estimate of drug-likeness (QED) is 0.581. The lowest BCUT2D eigenvalue weighted by Crippen LogP contribution is -2.24. The molecule has 96 valence electrons. The predicted molar refractivity (Wildman–Crippen MR) is 66.6 cm³/mol. The Balaban J connectivity index is 2.43. The second kappa shape index (κ2) is 5.10. The van der Waals surface area contributed by atoms with Crippen molar-refractivity contribution in [1.29, 1.82) is 0 Å². The maximum atomic E-state index is 11.9. The van der Waals surface area contributed by atoms with Gasteiger partial charge in [0.2, 0.25) is 0 Å². The van der Waals surface area contributed by atoms with Gasteiger partial charge < -0.3 is 10.2 Å². The summed E-state index contributed by atoms with van der Waals surface area (Å²) in [5, 5.41) is 4.51. The molecule has 2 aromatic heterocycles. The number of rotatable bonds is 4. The van der Waals surface area contributed by atoms with E-state index in [0.29, 0.717) is 16.4 Å². The lowest BCUT2D eigenvalue weighted by molar-refractivity contribution is 0.349. The van der Waals surface area contributed by atoms with Crippen LogP contribution >= 0.6 is 11.5 Å². The number of nitrogens with two attached hydrogens (primary N) is 1. The van der Waals surface area contributed by atoms with E-state index in [1.807, 2.05) is 0 Å². The van der Waals surface area contributed by atoms with E-state index in [2.05, 4.69) is 20.0 Å². The van der Waals surface area contributed by atoms with E-state index in [9.17, 15) is 4.79 Å². The number of methoxy groups -OCH3 is 1. The highest BCUT2D eigenvalue weighted by Crippen LogP contribution is 2.18. The van der Waals surface area contributed by atoms with Gasteiger partial charge in [-0.15, -0.1) is 5.10 Å². The highest BCUT2D eigenvalue weighted by molar-refractivity contribution is 7.10. The molecule has 0 unspecified atom stereocenters. The number of ether oxygens (including phenoxy) is 1. The van der Waals surface area contributed by atoms with Gasteiger partial charge in [0.05, 0.1) is 13.7 Å². The molecule has 0 atom stereocenters. The van der Waals surface area contributed by atoms with Crippen LogP contribution in [-0.4, -0.2) is 26.2 Å². The molecule has 0 amide bonds. The summed E-state index contributed by atoms with van der Waals surface area (Å²) in [6, 6.07) is 1.66. The Morgan fingerprint density at radius 2 is 2.39 bits per heavy atom. The second-order valence-corrected chi connectivity index (χ2v) is 4.26. The minimum atomic E-state index is -0.213. The van der Waals surface area contributed by atoms with Gasteiger partial charge in [-0.2, -0.15) is 0 Å². The van der Waals surface area contributed by atoms with E-state index >= 15 is 0 Å². The number of hydrazine groups is 1. The third-order valence-corrected chi connectivity index (χ3v) is 2.98. The van der Waals surface area contributed by atoms with Gasteiger partial charge in [-0.25, -0.2) is 10.8 Å². The van der Waals surface area contributed by atoms with Crippen molar-refractivity contribution in [3.05, 3.63) is 27.8 Å². The number of hydrogen-bond acceptors (Lipinski definition) is 8. The largest absolute Gasteiger partial charge is 0.468 e. The fourth-order valence-corrected chi connectivity index (χ4v) is 1.95. The standard InChI is InChI=1S/C9H12N6O2S/c1-5-3-7(16)15(9(11-5)17-2)4-6-8(12-10)18-14-13-6/h3,12H,4,10H2,1-2H3. The predicted octanol–water partition coefficient (Wildman–Crippen LogP) is -0.254. The van der Waals surface area contributed by atoms with Gasteiger partial charge in [0.1, 0.15) is 10.7 Å². The summed E-state index contributed by atoms with van der Waals surface area (Å²) in [4.78, 5) is 16.0. The molecule has 0 fully saturated rings. The summed E-state index contributed by atoms with van der Waals surface area (Å²) in [5.41, 5.74) is 3.43. The van der Waals surface area contributed by atoms with Gasteiger partial charge in [0.15, 0.2) is 0 Å². The molecular formula is C9H12N6O2S. The Morgan fingerprint density at radius 3 is 3.06 bits per heavy atom. The molecule has 0 aromatic carbocycles. The first-order chi connectivity index (χ1) is 8.65. The van der Waals surface area contributed by atoms with E-state index in [-0.39, 0.29) is 18.1 Å². The molecule has 2 rings (SSSR count). The van der Waals surface area contributed by atoms with Gasteiger partial charge >= 0.3 is 0 Å². The molecule has 0 aliphatic heterocycles. The van der Waals surface area contributed by atoms with Crippen LogP contribution in [0, 0.1) is 6.92 Å². The number of nitrogens with zero attached hydrogens (tertiary/aromatic N) is 4. The molecule has 2 heterocycles. The van der Waals surface area contributed by atoms with Crippen molar-refractivity contribution in [2.75, 3.05) is 12.5 Å². The van der Waals surface area contributed by atoms with Crippen molar-refractivity contribution in [2.45, 2.75) is 13.5 Å². The van der Waals surface area contributed by atoms with Crippen LogP contribution in [0.25, 0.3) is 0 Å². The first-order valence-electron chi connectivity index (χ1n) is 5.06. The monoisotopic (exact) mass is 268 g/mol. The Hall–Kier alpha value is -2.00. The molecule has 0 spiro atoms. The van der Waals surface area contributed by atoms with Gasteiger partial charge in [0.25, 0.3) is 11.6 Å². The smallest absolute Gasteiger partial charge is 0.299 e. The number of hydrogen-bond donors (Lipinski definition) is 2. The molecule has 0 aliphatic carbocycles. The fourth-order valence-electron chi connectivity index (χ4n) is 1.47. The van der Waals surface area contributed by atoms with Crippen LogP contribution in [0.2, 0.25) is 0 Å². The lowest BCUT2D eigenvalue weighted by atomic mass is 10.4. The molecule has 3 N–H and O–H groups in total. The molecule has 0 saturated carbocycles. The van der Waals surface area contributed by atoms with Gasteiger partial charge in [-0.1, -0.05) is 4.49 Å². The number of aromatic nitrogens is 4. The Morgan fingerprint density at radius 1 is 1.61 bits per heavy atom. The van der Waals surface area contributed by atoms with Gasteiger partial charge in [0, 0.05) is 23.3 Å². The molecule has 8 nitrogen and oxygen atoms in total. The SMILES string of the molecule is COc1nc(C)cc(=O)n1Cc1nnsc1NN. The van der Waals surface area contributed by atoms with E-state index in [1.165, 1.54) is 17.7 Å². The van der Waals surface area contributed by atoms with Crippen LogP contribution in [0.15, 0.2) is 10.9 Å². The topological polar surface area (TPSA) is 108 Å². The van der Waals surface area contributed by atoms with E-state index in [1.54, 1.807) is 6.92 Å². The number of nitrogens with one attached hydrogen (secondary N) is 1. The van der Waals surface area contributed by atoms with Crippen LogP contribution in [0.5, 0.6) is 6.01 Å². The summed E-state index contributed by atoms with van der Waals surface area (Å²) < 4.78 is 10.2. The fraction of sp³-hybridized carbons (Fsp3) is 0.333. The lowest BCUT2D eigenvalue weighted by Gasteiger charge is -2.09. The summed E-state index contributed by atoms with van der Waals surface area (Å²) in [5.74, 6) is 5.33. The first kappa shape index (κ1) is 12.5. The number of nitrogen functional groups attached to an aromatic ring is 1. The average molecular weight is 268 g/mol. The molecule has 2 aromatic rings. The Kier molecular flexibility index (Phi) is 3.53. The van der Waals surface area contributed by atoms with Crippen LogP contribution in [0.4, 0.5) is 5.00 Å². The minimum Gasteiger partial charge on any atom is -0.468 e. The summed E-state index contributed by atoms with van der Waals surface area (Å²) in [6.45, 7) is 1.93. The Labute approximate surface area is 107 Å². The third kappa shape index (κ3) is 2.31. The van der Waals surface area contributed by atoms with Gasteiger partial charge in [-0.05, 0) is 6.92 Å². The van der Waals surface area contributed by atoms with Crippen LogP contribution in [0.1, 0.15) is 11.4 Å². The maximum Gasteiger partial charge on any atom is 0.299 e. The zero-order chi connectivity index (χ0) is 13.1. The zero-order valence-corrected chi connectivity index (χ0v) is 10.7. The highest BCUT2D eigenvalue weighted by Gasteiger charge is 2.13. The molecule has 0 bridgehead atoms.